The molecule has 1 N–H and O–H groups in total. The third-order valence-corrected chi connectivity index (χ3v) is 6.58. The first-order valence-corrected chi connectivity index (χ1v) is 11.4. The number of carboxylic acids is 1. The van der Waals surface area contributed by atoms with Crippen molar-refractivity contribution in [1.29, 1.82) is 0 Å². The average Bonchev–Trinajstić information content (AvgIpc) is 2.80. The number of carbonyl (C=O) groups is 1. The van der Waals surface area contributed by atoms with Gasteiger partial charge < -0.3 is 9.84 Å². The Morgan fingerprint density at radius 1 is 0.941 bits per heavy atom. The van der Waals surface area contributed by atoms with Gasteiger partial charge in [0, 0.05) is 23.0 Å². The molecule has 0 radical (unpaired) electrons. The maximum atomic E-state index is 13.4. The predicted octanol–water partition coefficient (Wildman–Crippen LogP) is 6.53. The van der Waals surface area contributed by atoms with Crippen LogP contribution in [0.1, 0.15) is 23.6 Å². The predicted molar refractivity (Wildman–Crippen MR) is 130 cm³/mol. The minimum atomic E-state index is -3.81. The fourth-order valence-corrected chi connectivity index (χ4v) is 4.47. The summed E-state index contributed by atoms with van der Waals surface area (Å²) in [6, 6.07) is 21.2. The number of hydrogen-bond acceptors (Lipinski definition) is 3. The highest BCUT2D eigenvalue weighted by molar-refractivity contribution is 6.32. The van der Waals surface area contributed by atoms with Crippen LogP contribution in [0.25, 0.3) is 0 Å². The van der Waals surface area contributed by atoms with Crippen molar-refractivity contribution in [2.24, 2.45) is 0 Å². The summed E-state index contributed by atoms with van der Waals surface area (Å²) in [6.45, 7) is 2.87. The van der Waals surface area contributed by atoms with Gasteiger partial charge in [0.1, 0.15) is 12.4 Å². The number of benzene rings is 3. The first-order valence-electron chi connectivity index (χ1n) is 10.6. The molecule has 0 bridgehead atoms. The first-order chi connectivity index (χ1) is 16.1. The van der Waals surface area contributed by atoms with Crippen molar-refractivity contribution >= 4 is 29.2 Å². The minimum Gasteiger partial charge on any atom is -0.492 e. The van der Waals surface area contributed by atoms with Gasteiger partial charge in [0.15, 0.2) is 0 Å². The van der Waals surface area contributed by atoms with Gasteiger partial charge in [0.05, 0.1) is 5.54 Å². The lowest BCUT2D eigenvalue weighted by atomic mass is 9.83. The van der Waals surface area contributed by atoms with E-state index in [-0.39, 0.29) is 5.56 Å². The zero-order chi connectivity index (χ0) is 24.9. The van der Waals surface area contributed by atoms with Crippen LogP contribution in [-0.2, 0) is 16.8 Å². The quantitative estimate of drug-likeness (QED) is 0.338. The van der Waals surface area contributed by atoms with E-state index < -0.39 is 23.9 Å². The van der Waals surface area contributed by atoms with Gasteiger partial charge in [-0.25, -0.2) is 4.79 Å². The SMILES string of the molecule is CN(CCOc1ccc(CC(F)(F)C(=O)O)cc1)C(C)(c1ccccc1Cl)c1ccccc1Cl. The summed E-state index contributed by atoms with van der Waals surface area (Å²) in [4.78, 5) is 12.7. The number of alkyl halides is 2. The largest absolute Gasteiger partial charge is 0.492 e. The highest BCUT2D eigenvalue weighted by Crippen LogP contribution is 2.41. The van der Waals surface area contributed by atoms with Crippen LogP contribution in [0.5, 0.6) is 5.75 Å². The maximum Gasteiger partial charge on any atom is 0.374 e. The van der Waals surface area contributed by atoms with E-state index in [9.17, 15) is 13.6 Å². The molecule has 0 saturated heterocycles. The van der Waals surface area contributed by atoms with Crippen LogP contribution < -0.4 is 4.74 Å². The third kappa shape index (κ3) is 5.69. The van der Waals surface area contributed by atoms with Crippen molar-refractivity contribution in [2.45, 2.75) is 24.8 Å². The van der Waals surface area contributed by atoms with Crippen LogP contribution in [0, 0.1) is 0 Å². The zero-order valence-corrected chi connectivity index (χ0v) is 20.3. The van der Waals surface area contributed by atoms with Crippen LogP contribution in [0.3, 0.4) is 0 Å². The molecular weight excluding hydrogens is 483 g/mol. The molecular formula is C26H25Cl2F2NO3. The molecule has 0 atom stereocenters. The lowest BCUT2D eigenvalue weighted by molar-refractivity contribution is -0.164. The Morgan fingerprint density at radius 2 is 1.44 bits per heavy atom. The third-order valence-electron chi connectivity index (χ3n) is 5.92. The van der Waals surface area contributed by atoms with Crippen molar-refractivity contribution in [3.8, 4) is 5.75 Å². The van der Waals surface area contributed by atoms with Gasteiger partial charge in [0.25, 0.3) is 0 Å². The molecule has 180 valence electrons. The molecule has 0 spiro atoms. The van der Waals surface area contributed by atoms with E-state index in [1.54, 1.807) is 12.1 Å². The summed E-state index contributed by atoms with van der Waals surface area (Å²) < 4.78 is 32.7. The Balaban J connectivity index is 1.74. The number of rotatable bonds is 10. The fourth-order valence-electron chi connectivity index (χ4n) is 3.83. The second-order valence-electron chi connectivity index (χ2n) is 8.13. The van der Waals surface area contributed by atoms with Crippen LogP contribution in [0.4, 0.5) is 8.78 Å². The van der Waals surface area contributed by atoms with E-state index in [4.69, 9.17) is 33.0 Å². The van der Waals surface area contributed by atoms with Gasteiger partial charge in [-0.15, -0.1) is 0 Å². The van der Waals surface area contributed by atoms with Gasteiger partial charge in [-0.05, 0) is 54.9 Å². The van der Waals surface area contributed by atoms with Crippen LogP contribution in [-0.4, -0.2) is 42.1 Å². The monoisotopic (exact) mass is 507 g/mol. The number of likely N-dealkylation sites (N-methyl/N-ethyl adjacent to an activating group) is 1. The van der Waals surface area contributed by atoms with Gasteiger partial charge in [0.2, 0.25) is 0 Å². The standard InChI is InChI=1S/C26H25Cl2F2NO3/c1-25(20-7-3-5-9-22(20)27,21-8-4-6-10-23(21)28)31(2)15-16-34-19-13-11-18(12-14-19)17-26(29,30)24(32)33/h3-14H,15-17H2,1-2H3,(H,32,33). The molecule has 3 aromatic rings. The Bertz CT molecular complexity index is 1090. The molecule has 3 aromatic carbocycles. The molecule has 0 aliphatic carbocycles. The van der Waals surface area contributed by atoms with E-state index in [1.165, 1.54) is 12.1 Å². The summed E-state index contributed by atoms with van der Waals surface area (Å²) in [7, 11) is 1.95. The Morgan fingerprint density at radius 3 is 1.91 bits per heavy atom. The molecule has 4 nitrogen and oxygen atoms in total. The summed E-state index contributed by atoms with van der Waals surface area (Å²) in [6.07, 6.45) is -0.876. The topological polar surface area (TPSA) is 49.8 Å². The molecule has 0 unspecified atom stereocenters. The Labute approximate surface area is 207 Å². The molecule has 0 aliphatic rings. The van der Waals surface area contributed by atoms with Crippen LogP contribution in [0.2, 0.25) is 10.0 Å². The van der Waals surface area contributed by atoms with Crippen LogP contribution >= 0.6 is 23.2 Å². The molecule has 0 aliphatic heterocycles. The second kappa shape index (κ2) is 10.7. The van der Waals surface area contributed by atoms with Gasteiger partial charge in [-0.3, -0.25) is 4.90 Å². The highest BCUT2D eigenvalue weighted by Gasteiger charge is 2.39. The summed E-state index contributed by atoms with van der Waals surface area (Å²) in [5, 5.41) is 9.83. The molecule has 0 aromatic heterocycles. The average molecular weight is 508 g/mol. The number of hydrogen-bond donors (Lipinski definition) is 1. The van der Waals surface area contributed by atoms with Crippen molar-refractivity contribution in [3.05, 3.63) is 99.5 Å². The van der Waals surface area contributed by atoms with Gasteiger partial charge >= 0.3 is 11.9 Å². The summed E-state index contributed by atoms with van der Waals surface area (Å²) in [5.41, 5.74) is 1.36. The second-order valence-corrected chi connectivity index (χ2v) is 8.95. The maximum absolute atomic E-state index is 13.4. The number of halogens is 4. The van der Waals surface area contributed by atoms with E-state index in [2.05, 4.69) is 4.90 Å². The van der Waals surface area contributed by atoms with Crippen LogP contribution in [0.15, 0.2) is 72.8 Å². The zero-order valence-electron chi connectivity index (χ0n) is 18.8. The lowest BCUT2D eigenvalue weighted by Crippen LogP contribution is -2.44. The minimum absolute atomic E-state index is 0.210. The van der Waals surface area contributed by atoms with Gasteiger partial charge in [-0.1, -0.05) is 71.7 Å². The van der Waals surface area contributed by atoms with Crippen molar-refractivity contribution in [1.82, 2.24) is 4.90 Å². The van der Waals surface area contributed by atoms with Crippen molar-refractivity contribution < 1.29 is 23.4 Å². The summed E-state index contributed by atoms with van der Waals surface area (Å²) >= 11 is 13.1. The molecule has 0 amide bonds. The summed E-state index contributed by atoms with van der Waals surface area (Å²) in [5.74, 6) is -5.46. The molecule has 0 fully saturated rings. The number of aliphatic carboxylic acids is 1. The molecule has 34 heavy (non-hydrogen) atoms. The molecule has 0 heterocycles. The molecule has 8 heteroatoms. The Hall–Kier alpha value is -2.67. The smallest absolute Gasteiger partial charge is 0.374 e. The van der Waals surface area contributed by atoms with E-state index >= 15 is 0 Å². The van der Waals surface area contributed by atoms with Crippen molar-refractivity contribution in [2.75, 3.05) is 20.2 Å². The lowest BCUT2D eigenvalue weighted by Gasteiger charge is -2.41. The number of ether oxygens (including phenoxy) is 1. The number of carboxylic acid groups (broad SMARTS) is 1. The Kier molecular flexibility index (Phi) is 8.18. The van der Waals surface area contributed by atoms with Gasteiger partial charge in [-0.2, -0.15) is 8.78 Å². The van der Waals surface area contributed by atoms with E-state index in [0.717, 1.165) is 11.1 Å². The van der Waals surface area contributed by atoms with E-state index in [1.807, 2.05) is 62.5 Å². The van der Waals surface area contributed by atoms with E-state index in [0.29, 0.717) is 28.9 Å². The van der Waals surface area contributed by atoms with Crippen molar-refractivity contribution in [3.63, 3.8) is 0 Å². The fraction of sp³-hybridized carbons (Fsp3) is 0.269. The molecule has 3 rings (SSSR count). The highest BCUT2D eigenvalue weighted by atomic mass is 35.5. The number of nitrogens with zero attached hydrogens (tertiary/aromatic N) is 1. The molecule has 0 saturated carbocycles. The first kappa shape index (κ1) is 25.9. The normalized spacial score (nSPS) is 12.1.